The smallest absolute Gasteiger partial charge is 0.0596 e. The van der Waals surface area contributed by atoms with Gasteiger partial charge in [0, 0.05) is 19.1 Å². The fourth-order valence-corrected chi connectivity index (χ4v) is 0.833. The summed E-state index contributed by atoms with van der Waals surface area (Å²) in [5.41, 5.74) is 5.52. The van der Waals surface area contributed by atoms with E-state index >= 15 is 0 Å². The quantitative estimate of drug-likeness (QED) is 0.644. The lowest BCUT2D eigenvalue weighted by Crippen LogP contribution is -2.37. The van der Waals surface area contributed by atoms with Crippen molar-refractivity contribution >= 4 is 0 Å². The summed E-state index contributed by atoms with van der Waals surface area (Å²) in [5.74, 6) is 0. The van der Waals surface area contributed by atoms with Crippen LogP contribution in [-0.4, -0.2) is 43.8 Å². The summed E-state index contributed by atoms with van der Waals surface area (Å²) in [6.45, 7) is 8.67. The van der Waals surface area contributed by atoms with Gasteiger partial charge in [-0.1, -0.05) is 0 Å². The summed E-state index contributed by atoms with van der Waals surface area (Å²) in [4.78, 5) is 2.21. The predicted octanol–water partition coefficient (Wildman–Crippen LogP) is 0.690. The van der Waals surface area contributed by atoms with Gasteiger partial charge >= 0.3 is 0 Å². The molecule has 3 nitrogen and oxygen atoms in total. The third kappa shape index (κ3) is 5.52. The van der Waals surface area contributed by atoms with Crippen LogP contribution in [0.4, 0.5) is 0 Å². The molecule has 0 spiro atoms. The summed E-state index contributed by atoms with van der Waals surface area (Å²) >= 11 is 0. The molecule has 0 radical (unpaired) electrons. The SMILES string of the molecule is CC(C)OCCN(C)C(C)CN. The summed E-state index contributed by atoms with van der Waals surface area (Å²) in [7, 11) is 2.07. The molecule has 12 heavy (non-hydrogen) atoms. The molecule has 0 rings (SSSR count). The molecule has 0 aromatic rings. The predicted molar refractivity (Wildman–Crippen MR) is 52.2 cm³/mol. The molecule has 0 saturated carbocycles. The molecular weight excluding hydrogens is 152 g/mol. The average molecular weight is 174 g/mol. The molecule has 0 aromatic carbocycles. The van der Waals surface area contributed by atoms with E-state index in [2.05, 4.69) is 18.9 Å². The highest BCUT2D eigenvalue weighted by molar-refractivity contribution is 4.62. The Morgan fingerprint density at radius 1 is 1.33 bits per heavy atom. The normalized spacial score (nSPS) is 14.2. The highest BCUT2D eigenvalue weighted by atomic mass is 16.5. The fraction of sp³-hybridized carbons (Fsp3) is 1.00. The molecule has 0 heterocycles. The number of ether oxygens (including phenoxy) is 1. The van der Waals surface area contributed by atoms with Crippen molar-refractivity contribution < 1.29 is 4.74 Å². The monoisotopic (exact) mass is 174 g/mol. The van der Waals surface area contributed by atoms with Crippen molar-refractivity contribution in [3.05, 3.63) is 0 Å². The number of hydrogen-bond donors (Lipinski definition) is 1. The molecule has 0 bridgehead atoms. The van der Waals surface area contributed by atoms with Crippen LogP contribution in [0.25, 0.3) is 0 Å². The van der Waals surface area contributed by atoms with E-state index in [1.165, 1.54) is 0 Å². The average Bonchev–Trinajstić information content (AvgIpc) is 2.02. The van der Waals surface area contributed by atoms with Gasteiger partial charge in [0.2, 0.25) is 0 Å². The second-order valence-corrected chi connectivity index (χ2v) is 3.48. The summed E-state index contributed by atoms with van der Waals surface area (Å²) in [6, 6.07) is 0.445. The number of nitrogens with two attached hydrogens (primary N) is 1. The van der Waals surface area contributed by atoms with Crippen molar-refractivity contribution in [2.75, 3.05) is 26.7 Å². The molecule has 0 aliphatic heterocycles. The lowest BCUT2D eigenvalue weighted by Gasteiger charge is -2.23. The van der Waals surface area contributed by atoms with Gasteiger partial charge < -0.3 is 15.4 Å². The minimum Gasteiger partial charge on any atom is -0.377 e. The van der Waals surface area contributed by atoms with Crippen molar-refractivity contribution in [3.8, 4) is 0 Å². The lowest BCUT2D eigenvalue weighted by atomic mass is 10.3. The van der Waals surface area contributed by atoms with E-state index in [4.69, 9.17) is 10.5 Å². The Morgan fingerprint density at radius 2 is 1.92 bits per heavy atom. The molecule has 2 N–H and O–H groups in total. The zero-order valence-corrected chi connectivity index (χ0v) is 8.71. The fourth-order valence-electron chi connectivity index (χ4n) is 0.833. The van der Waals surface area contributed by atoms with Crippen molar-refractivity contribution in [2.45, 2.75) is 32.9 Å². The first-order valence-electron chi connectivity index (χ1n) is 4.59. The maximum absolute atomic E-state index is 5.52. The van der Waals surface area contributed by atoms with E-state index in [0.29, 0.717) is 18.7 Å². The molecule has 1 atom stereocenters. The molecule has 0 fully saturated rings. The highest BCUT2D eigenvalue weighted by Crippen LogP contribution is 1.94. The first-order valence-corrected chi connectivity index (χ1v) is 4.59. The van der Waals surface area contributed by atoms with E-state index in [0.717, 1.165) is 13.2 Å². The minimum atomic E-state index is 0.326. The van der Waals surface area contributed by atoms with E-state index in [9.17, 15) is 0 Å². The molecular formula is C9H22N2O. The highest BCUT2D eigenvalue weighted by Gasteiger charge is 2.05. The number of likely N-dealkylation sites (N-methyl/N-ethyl adjacent to an activating group) is 1. The van der Waals surface area contributed by atoms with Gasteiger partial charge in [0.1, 0.15) is 0 Å². The number of nitrogens with zero attached hydrogens (tertiary/aromatic N) is 1. The van der Waals surface area contributed by atoms with E-state index in [1.54, 1.807) is 0 Å². The molecule has 0 aliphatic carbocycles. The standard InChI is InChI=1S/C9H22N2O/c1-8(2)12-6-5-11(4)9(3)7-10/h8-9H,5-7,10H2,1-4H3. The van der Waals surface area contributed by atoms with Crippen LogP contribution < -0.4 is 5.73 Å². The lowest BCUT2D eigenvalue weighted by molar-refractivity contribution is 0.0580. The van der Waals surface area contributed by atoms with E-state index in [-0.39, 0.29) is 0 Å². The third-order valence-corrected chi connectivity index (χ3v) is 1.99. The van der Waals surface area contributed by atoms with Gasteiger partial charge in [-0.05, 0) is 27.8 Å². The van der Waals surface area contributed by atoms with E-state index in [1.807, 2.05) is 13.8 Å². The topological polar surface area (TPSA) is 38.5 Å². The summed E-state index contributed by atoms with van der Waals surface area (Å²) in [5, 5.41) is 0. The minimum absolute atomic E-state index is 0.326. The molecule has 1 unspecified atom stereocenters. The van der Waals surface area contributed by atoms with Gasteiger partial charge in [0.05, 0.1) is 12.7 Å². The summed E-state index contributed by atoms with van der Waals surface area (Å²) < 4.78 is 5.42. The summed E-state index contributed by atoms with van der Waals surface area (Å²) in [6.07, 6.45) is 0.326. The van der Waals surface area contributed by atoms with Crippen LogP contribution in [0.2, 0.25) is 0 Å². The van der Waals surface area contributed by atoms with Gasteiger partial charge in [-0.25, -0.2) is 0 Å². The van der Waals surface area contributed by atoms with Crippen molar-refractivity contribution in [3.63, 3.8) is 0 Å². The molecule has 3 heteroatoms. The van der Waals surface area contributed by atoms with Crippen LogP contribution in [-0.2, 0) is 4.74 Å². The molecule has 0 aromatic heterocycles. The maximum atomic E-state index is 5.52. The van der Waals surface area contributed by atoms with Gasteiger partial charge in [0.25, 0.3) is 0 Å². The third-order valence-electron chi connectivity index (χ3n) is 1.99. The zero-order chi connectivity index (χ0) is 9.56. The Hall–Kier alpha value is -0.120. The number of hydrogen-bond acceptors (Lipinski definition) is 3. The molecule has 74 valence electrons. The Balaban J connectivity index is 3.37. The van der Waals surface area contributed by atoms with Crippen LogP contribution in [0.1, 0.15) is 20.8 Å². The first kappa shape index (κ1) is 11.9. The largest absolute Gasteiger partial charge is 0.377 e. The Bertz CT molecular complexity index is 107. The van der Waals surface area contributed by atoms with Crippen LogP contribution >= 0.6 is 0 Å². The van der Waals surface area contributed by atoms with E-state index < -0.39 is 0 Å². The van der Waals surface area contributed by atoms with Gasteiger partial charge in [0.15, 0.2) is 0 Å². The second kappa shape index (κ2) is 6.40. The van der Waals surface area contributed by atoms with Crippen LogP contribution in [0, 0.1) is 0 Å². The Morgan fingerprint density at radius 3 is 2.33 bits per heavy atom. The van der Waals surface area contributed by atoms with Gasteiger partial charge in [-0.15, -0.1) is 0 Å². The van der Waals surface area contributed by atoms with Crippen molar-refractivity contribution in [1.82, 2.24) is 4.90 Å². The second-order valence-electron chi connectivity index (χ2n) is 3.48. The number of rotatable bonds is 6. The first-order chi connectivity index (χ1) is 5.57. The molecule has 0 aliphatic rings. The van der Waals surface area contributed by atoms with Crippen LogP contribution in [0.5, 0.6) is 0 Å². The molecule has 0 amide bonds. The van der Waals surface area contributed by atoms with Crippen molar-refractivity contribution in [1.29, 1.82) is 0 Å². The Labute approximate surface area is 75.9 Å². The van der Waals surface area contributed by atoms with Crippen LogP contribution in [0.3, 0.4) is 0 Å². The van der Waals surface area contributed by atoms with Gasteiger partial charge in [-0.2, -0.15) is 0 Å². The van der Waals surface area contributed by atoms with Crippen molar-refractivity contribution in [2.24, 2.45) is 5.73 Å². The van der Waals surface area contributed by atoms with Crippen LogP contribution in [0.15, 0.2) is 0 Å². The maximum Gasteiger partial charge on any atom is 0.0596 e. The van der Waals surface area contributed by atoms with Gasteiger partial charge in [-0.3, -0.25) is 0 Å². The Kier molecular flexibility index (Phi) is 6.34. The molecule has 0 saturated heterocycles. The zero-order valence-electron chi connectivity index (χ0n) is 8.71.